The quantitative estimate of drug-likeness (QED) is 0.944. The molecule has 1 saturated heterocycles. The number of aromatic nitrogens is 3. The molecule has 0 radical (unpaired) electrons. The standard InChI is InChI=1S/C14H18N4OS/c1-10-16-11(9-20-10)8-14(19)18-7-3-2-4-13(18)12-5-6-15-17-12/h5-6,9,13H,2-4,7-8H2,1H3,(H,15,17)/t13-/m1/s1. The van der Waals surface area contributed by atoms with Gasteiger partial charge >= 0.3 is 0 Å². The number of hydrogen-bond donors (Lipinski definition) is 1. The maximum absolute atomic E-state index is 12.5. The van der Waals surface area contributed by atoms with Crippen molar-refractivity contribution in [1.29, 1.82) is 0 Å². The van der Waals surface area contributed by atoms with Crippen LogP contribution < -0.4 is 0 Å². The fourth-order valence-corrected chi connectivity index (χ4v) is 3.36. The van der Waals surface area contributed by atoms with Gasteiger partial charge in [-0.05, 0) is 32.3 Å². The molecule has 3 heterocycles. The van der Waals surface area contributed by atoms with Gasteiger partial charge in [0.1, 0.15) is 0 Å². The molecule has 0 aliphatic carbocycles. The molecule has 1 amide bonds. The highest BCUT2D eigenvalue weighted by atomic mass is 32.1. The number of amides is 1. The first-order chi connectivity index (χ1) is 9.74. The highest BCUT2D eigenvalue weighted by molar-refractivity contribution is 7.09. The van der Waals surface area contributed by atoms with Crippen LogP contribution in [0.2, 0.25) is 0 Å². The van der Waals surface area contributed by atoms with Crippen LogP contribution in [0.1, 0.15) is 41.7 Å². The minimum atomic E-state index is 0.137. The molecule has 0 unspecified atom stereocenters. The van der Waals surface area contributed by atoms with Gasteiger partial charge in [-0.25, -0.2) is 4.98 Å². The van der Waals surface area contributed by atoms with Crippen molar-refractivity contribution in [3.8, 4) is 0 Å². The van der Waals surface area contributed by atoms with E-state index in [-0.39, 0.29) is 11.9 Å². The Labute approximate surface area is 122 Å². The third-order valence-corrected chi connectivity index (χ3v) is 4.53. The number of aromatic amines is 1. The van der Waals surface area contributed by atoms with Gasteiger partial charge in [0.25, 0.3) is 0 Å². The number of rotatable bonds is 3. The number of carbonyl (C=O) groups is 1. The zero-order valence-corrected chi connectivity index (χ0v) is 12.3. The Morgan fingerprint density at radius 3 is 3.15 bits per heavy atom. The summed E-state index contributed by atoms with van der Waals surface area (Å²) in [6, 6.07) is 2.10. The Bertz CT molecular complexity index is 578. The van der Waals surface area contributed by atoms with Crippen molar-refractivity contribution in [3.05, 3.63) is 34.0 Å². The van der Waals surface area contributed by atoms with Gasteiger partial charge in [0.05, 0.1) is 28.9 Å². The SMILES string of the molecule is Cc1nc(CC(=O)N2CCCC[C@@H]2c2ccn[nH]2)cs1. The number of aryl methyl sites for hydroxylation is 1. The summed E-state index contributed by atoms with van der Waals surface area (Å²) < 4.78 is 0. The zero-order chi connectivity index (χ0) is 13.9. The number of thiazole rings is 1. The third kappa shape index (κ3) is 2.75. The number of nitrogens with one attached hydrogen (secondary N) is 1. The van der Waals surface area contributed by atoms with E-state index in [1.807, 2.05) is 23.3 Å². The van der Waals surface area contributed by atoms with Crippen molar-refractivity contribution in [2.24, 2.45) is 0 Å². The van der Waals surface area contributed by atoms with E-state index in [0.717, 1.165) is 42.2 Å². The van der Waals surface area contributed by atoms with Crippen LogP contribution >= 0.6 is 11.3 Å². The van der Waals surface area contributed by atoms with Crippen molar-refractivity contribution in [1.82, 2.24) is 20.1 Å². The van der Waals surface area contributed by atoms with Gasteiger partial charge in [-0.1, -0.05) is 0 Å². The molecule has 2 aromatic rings. The molecule has 3 rings (SSSR count). The average Bonchev–Trinajstić information content (AvgIpc) is 3.10. The van der Waals surface area contributed by atoms with Gasteiger partial charge in [-0.3, -0.25) is 9.89 Å². The molecule has 0 aromatic carbocycles. The molecule has 1 fully saturated rings. The molecule has 1 atom stereocenters. The van der Waals surface area contributed by atoms with E-state index >= 15 is 0 Å². The van der Waals surface area contributed by atoms with E-state index in [2.05, 4.69) is 15.2 Å². The lowest BCUT2D eigenvalue weighted by Crippen LogP contribution is -2.39. The van der Waals surface area contributed by atoms with Gasteiger partial charge in [-0.2, -0.15) is 5.10 Å². The number of hydrogen-bond acceptors (Lipinski definition) is 4. The first-order valence-corrected chi connectivity index (χ1v) is 7.82. The molecule has 20 heavy (non-hydrogen) atoms. The van der Waals surface area contributed by atoms with E-state index in [9.17, 15) is 4.79 Å². The summed E-state index contributed by atoms with van der Waals surface area (Å²) in [5, 5.41) is 9.99. The molecule has 106 valence electrons. The summed E-state index contributed by atoms with van der Waals surface area (Å²) >= 11 is 1.59. The van der Waals surface area contributed by atoms with Crippen LogP contribution in [0.15, 0.2) is 17.6 Å². The molecule has 6 heteroatoms. The molecule has 0 spiro atoms. The second-order valence-electron chi connectivity index (χ2n) is 5.15. The van der Waals surface area contributed by atoms with Gasteiger partial charge in [0.2, 0.25) is 5.91 Å². The predicted octanol–water partition coefficient (Wildman–Crippen LogP) is 2.47. The summed E-state index contributed by atoms with van der Waals surface area (Å²) in [7, 11) is 0. The van der Waals surface area contributed by atoms with Gasteiger partial charge in [-0.15, -0.1) is 11.3 Å². The lowest BCUT2D eigenvalue weighted by Gasteiger charge is -2.35. The second kappa shape index (κ2) is 5.75. The van der Waals surface area contributed by atoms with Crippen LogP contribution in [0.4, 0.5) is 0 Å². The molecular weight excluding hydrogens is 272 g/mol. The summed E-state index contributed by atoms with van der Waals surface area (Å²) in [6.07, 6.45) is 5.38. The maximum Gasteiger partial charge on any atom is 0.229 e. The average molecular weight is 290 g/mol. The Balaban J connectivity index is 1.74. The van der Waals surface area contributed by atoms with Gasteiger partial charge in [0, 0.05) is 18.1 Å². The maximum atomic E-state index is 12.5. The first-order valence-electron chi connectivity index (χ1n) is 6.94. The lowest BCUT2D eigenvalue weighted by atomic mass is 9.99. The predicted molar refractivity (Wildman–Crippen MR) is 77.4 cm³/mol. The Kier molecular flexibility index (Phi) is 3.82. The third-order valence-electron chi connectivity index (χ3n) is 3.70. The molecule has 1 aliphatic rings. The van der Waals surface area contributed by atoms with Crippen molar-refractivity contribution < 1.29 is 4.79 Å². The Morgan fingerprint density at radius 2 is 2.45 bits per heavy atom. The van der Waals surface area contributed by atoms with Crippen LogP contribution in [-0.2, 0) is 11.2 Å². The van der Waals surface area contributed by atoms with E-state index < -0.39 is 0 Å². The van der Waals surface area contributed by atoms with Crippen molar-refractivity contribution in [2.75, 3.05) is 6.54 Å². The summed E-state index contributed by atoms with van der Waals surface area (Å²) in [6.45, 7) is 2.79. The van der Waals surface area contributed by atoms with Gasteiger partial charge in [0.15, 0.2) is 0 Å². The normalized spacial score (nSPS) is 19.2. The first kappa shape index (κ1) is 13.3. The molecule has 5 nitrogen and oxygen atoms in total. The monoisotopic (exact) mass is 290 g/mol. The fraction of sp³-hybridized carbons (Fsp3) is 0.500. The van der Waals surface area contributed by atoms with Crippen LogP contribution in [0.25, 0.3) is 0 Å². The van der Waals surface area contributed by atoms with Crippen LogP contribution in [0, 0.1) is 6.92 Å². The molecule has 2 aromatic heterocycles. The van der Waals surface area contributed by atoms with E-state index in [1.165, 1.54) is 0 Å². The zero-order valence-electron chi connectivity index (χ0n) is 11.5. The fourth-order valence-electron chi connectivity index (χ4n) is 2.75. The smallest absolute Gasteiger partial charge is 0.229 e. The molecule has 0 saturated carbocycles. The minimum Gasteiger partial charge on any atom is -0.334 e. The Hall–Kier alpha value is -1.69. The van der Waals surface area contributed by atoms with E-state index in [0.29, 0.717) is 6.42 Å². The van der Waals surface area contributed by atoms with Crippen LogP contribution in [0.3, 0.4) is 0 Å². The number of piperidine rings is 1. The largest absolute Gasteiger partial charge is 0.334 e. The summed E-state index contributed by atoms with van der Waals surface area (Å²) in [5.41, 5.74) is 1.92. The highest BCUT2D eigenvalue weighted by Crippen LogP contribution is 2.30. The summed E-state index contributed by atoms with van der Waals surface area (Å²) in [5.74, 6) is 0.162. The minimum absolute atomic E-state index is 0.137. The molecule has 1 N–H and O–H groups in total. The number of carbonyl (C=O) groups excluding carboxylic acids is 1. The highest BCUT2D eigenvalue weighted by Gasteiger charge is 2.28. The van der Waals surface area contributed by atoms with Crippen molar-refractivity contribution in [2.45, 2.75) is 38.6 Å². The van der Waals surface area contributed by atoms with Crippen molar-refractivity contribution in [3.63, 3.8) is 0 Å². The molecule has 1 aliphatic heterocycles. The Morgan fingerprint density at radius 1 is 1.55 bits per heavy atom. The van der Waals surface area contributed by atoms with E-state index in [4.69, 9.17) is 0 Å². The lowest BCUT2D eigenvalue weighted by molar-refractivity contribution is -0.134. The molecule has 0 bridgehead atoms. The van der Waals surface area contributed by atoms with Crippen molar-refractivity contribution >= 4 is 17.2 Å². The summed E-state index contributed by atoms with van der Waals surface area (Å²) in [4.78, 5) is 18.9. The number of likely N-dealkylation sites (tertiary alicyclic amines) is 1. The van der Waals surface area contributed by atoms with E-state index in [1.54, 1.807) is 17.5 Å². The molecular formula is C14H18N4OS. The van der Waals surface area contributed by atoms with Crippen LogP contribution in [-0.4, -0.2) is 32.5 Å². The number of H-pyrrole nitrogens is 1. The van der Waals surface area contributed by atoms with Crippen LogP contribution in [0.5, 0.6) is 0 Å². The topological polar surface area (TPSA) is 61.9 Å². The second-order valence-corrected chi connectivity index (χ2v) is 6.21. The van der Waals surface area contributed by atoms with Gasteiger partial charge < -0.3 is 4.90 Å². The number of nitrogens with zero attached hydrogens (tertiary/aromatic N) is 3.